The lowest BCUT2D eigenvalue weighted by Crippen LogP contribution is -2.47. The quantitative estimate of drug-likeness (QED) is 0.851. The molecule has 1 N–H and O–H groups in total. The minimum Gasteiger partial charge on any atom is -0.469 e. The van der Waals surface area contributed by atoms with E-state index in [-0.39, 0.29) is 23.8 Å². The predicted octanol–water partition coefficient (Wildman–Crippen LogP) is 1.46. The zero-order chi connectivity index (χ0) is 13.4. The van der Waals surface area contributed by atoms with E-state index in [1.54, 1.807) is 10.9 Å². The molecule has 19 heavy (non-hydrogen) atoms. The molecule has 2 saturated carbocycles. The third-order valence-electron chi connectivity index (χ3n) is 4.35. The first kappa shape index (κ1) is 12.6. The Hall–Kier alpha value is -1.43. The van der Waals surface area contributed by atoms with Crippen molar-refractivity contribution in [3.63, 3.8) is 0 Å². The number of hydrogen-bond donors (Lipinski definition) is 1. The fourth-order valence-electron chi connectivity index (χ4n) is 3.52. The van der Waals surface area contributed by atoms with Gasteiger partial charge in [-0.3, -0.25) is 9.59 Å². The molecule has 1 heterocycles. The number of rotatable bonds is 3. The molecule has 5 nitrogen and oxygen atoms in total. The molecule has 1 amide bonds. The highest BCUT2D eigenvalue weighted by atomic mass is 32.1. The number of fused-ring (bicyclic) bond motifs is 2. The fraction of sp³-hybridized carbons (Fsp3) is 0.615. The van der Waals surface area contributed by atoms with E-state index >= 15 is 0 Å². The Bertz CT molecular complexity index is 488. The molecule has 2 fully saturated rings. The molecule has 2 aliphatic rings. The summed E-state index contributed by atoms with van der Waals surface area (Å²) in [6.07, 6.45) is 3.16. The smallest absolute Gasteiger partial charge is 0.311 e. The van der Waals surface area contributed by atoms with E-state index in [2.05, 4.69) is 10.3 Å². The van der Waals surface area contributed by atoms with Gasteiger partial charge in [-0.15, -0.1) is 11.3 Å². The standard InChI is InChI=1S/C13H16N2O3S/c1-18-13(17)10-7-2-3-8(4-7)11(10)15-12(16)9-5-19-6-14-9/h5-8,10-11H,2-4H2,1H3,(H,15,16)/t7-,8-,10+,11-/m0/s1. The van der Waals surface area contributed by atoms with Gasteiger partial charge in [-0.2, -0.15) is 0 Å². The van der Waals surface area contributed by atoms with Crippen molar-refractivity contribution in [1.82, 2.24) is 10.3 Å². The highest BCUT2D eigenvalue weighted by Gasteiger charge is 2.52. The molecular weight excluding hydrogens is 264 g/mol. The average Bonchev–Trinajstić information content (AvgIpc) is 3.13. The Morgan fingerprint density at radius 3 is 2.89 bits per heavy atom. The Morgan fingerprint density at radius 2 is 2.21 bits per heavy atom. The number of aromatic nitrogens is 1. The monoisotopic (exact) mass is 280 g/mol. The molecular formula is C13H16N2O3S. The van der Waals surface area contributed by atoms with Crippen molar-refractivity contribution < 1.29 is 14.3 Å². The summed E-state index contributed by atoms with van der Waals surface area (Å²) in [5, 5.41) is 4.70. The maximum Gasteiger partial charge on any atom is 0.311 e. The Labute approximate surface area is 115 Å². The van der Waals surface area contributed by atoms with Crippen LogP contribution in [0.1, 0.15) is 29.8 Å². The lowest BCUT2D eigenvalue weighted by Gasteiger charge is -2.29. The molecule has 0 aliphatic heterocycles. The van der Waals surface area contributed by atoms with Gasteiger partial charge in [0, 0.05) is 11.4 Å². The predicted molar refractivity (Wildman–Crippen MR) is 69.7 cm³/mol. The molecule has 6 heteroatoms. The van der Waals surface area contributed by atoms with E-state index in [4.69, 9.17) is 4.74 Å². The van der Waals surface area contributed by atoms with Crippen molar-refractivity contribution in [2.24, 2.45) is 17.8 Å². The number of ether oxygens (including phenoxy) is 1. The molecule has 2 aliphatic carbocycles. The van der Waals surface area contributed by atoms with Crippen LogP contribution in [-0.4, -0.2) is 30.0 Å². The van der Waals surface area contributed by atoms with Gasteiger partial charge in [0.1, 0.15) is 5.69 Å². The van der Waals surface area contributed by atoms with Gasteiger partial charge in [-0.05, 0) is 31.1 Å². The van der Waals surface area contributed by atoms with Crippen LogP contribution >= 0.6 is 11.3 Å². The summed E-state index contributed by atoms with van der Waals surface area (Å²) in [5.41, 5.74) is 2.06. The second-order valence-electron chi connectivity index (χ2n) is 5.26. The first-order valence-corrected chi connectivity index (χ1v) is 7.42. The molecule has 0 unspecified atom stereocenters. The van der Waals surface area contributed by atoms with Gasteiger partial charge in [0.25, 0.3) is 5.91 Å². The molecule has 0 spiro atoms. The Balaban J connectivity index is 1.75. The normalized spacial score (nSPS) is 32.3. The molecule has 3 rings (SSSR count). The summed E-state index contributed by atoms with van der Waals surface area (Å²) >= 11 is 1.39. The maximum atomic E-state index is 12.1. The van der Waals surface area contributed by atoms with Crippen LogP contribution in [-0.2, 0) is 9.53 Å². The molecule has 0 saturated heterocycles. The second-order valence-corrected chi connectivity index (χ2v) is 5.97. The van der Waals surface area contributed by atoms with Gasteiger partial charge >= 0.3 is 5.97 Å². The lowest BCUT2D eigenvalue weighted by molar-refractivity contribution is -0.148. The van der Waals surface area contributed by atoms with Gasteiger partial charge in [0.2, 0.25) is 0 Å². The van der Waals surface area contributed by atoms with Gasteiger partial charge in [0.15, 0.2) is 0 Å². The zero-order valence-electron chi connectivity index (χ0n) is 10.7. The number of carbonyl (C=O) groups excluding carboxylic acids is 2. The molecule has 4 atom stereocenters. The number of thiazole rings is 1. The number of hydrogen-bond acceptors (Lipinski definition) is 5. The Kier molecular flexibility index (Phi) is 3.26. The van der Waals surface area contributed by atoms with Crippen LogP contribution in [0.5, 0.6) is 0 Å². The minimum atomic E-state index is -0.198. The lowest BCUT2D eigenvalue weighted by atomic mass is 9.84. The van der Waals surface area contributed by atoms with E-state index in [0.717, 1.165) is 19.3 Å². The second kappa shape index (κ2) is 4.92. The van der Waals surface area contributed by atoms with Crippen LogP contribution < -0.4 is 5.32 Å². The molecule has 0 aromatic carbocycles. The molecule has 1 aromatic heterocycles. The topological polar surface area (TPSA) is 68.3 Å². The van der Waals surface area contributed by atoms with E-state index in [9.17, 15) is 9.59 Å². The van der Waals surface area contributed by atoms with Crippen molar-refractivity contribution in [3.05, 3.63) is 16.6 Å². The van der Waals surface area contributed by atoms with E-state index in [1.165, 1.54) is 18.4 Å². The van der Waals surface area contributed by atoms with E-state index in [1.807, 2.05) is 0 Å². The summed E-state index contributed by atoms with van der Waals surface area (Å²) in [4.78, 5) is 28.0. The summed E-state index contributed by atoms with van der Waals surface area (Å²) in [6, 6.07) is -0.0969. The van der Waals surface area contributed by atoms with Gasteiger partial charge in [-0.1, -0.05) is 0 Å². The molecule has 0 radical (unpaired) electrons. The van der Waals surface area contributed by atoms with Crippen LogP contribution in [0.2, 0.25) is 0 Å². The third-order valence-corrected chi connectivity index (χ3v) is 4.94. The summed E-state index contributed by atoms with van der Waals surface area (Å²) in [6.45, 7) is 0. The van der Waals surface area contributed by atoms with Gasteiger partial charge in [-0.25, -0.2) is 4.98 Å². The summed E-state index contributed by atoms with van der Waals surface area (Å²) in [7, 11) is 1.41. The van der Waals surface area contributed by atoms with E-state index < -0.39 is 0 Å². The minimum absolute atomic E-state index is 0.0969. The van der Waals surface area contributed by atoms with Crippen molar-refractivity contribution in [1.29, 1.82) is 0 Å². The van der Waals surface area contributed by atoms with Gasteiger partial charge in [0.05, 0.1) is 18.5 Å². The Morgan fingerprint density at radius 1 is 1.42 bits per heavy atom. The summed E-state index contributed by atoms with van der Waals surface area (Å²) in [5.74, 6) is 0.185. The summed E-state index contributed by atoms with van der Waals surface area (Å²) < 4.78 is 4.89. The number of nitrogens with zero attached hydrogens (tertiary/aromatic N) is 1. The van der Waals surface area contributed by atoms with Crippen molar-refractivity contribution in [2.75, 3.05) is 7.11 Å². The molecule has 2 bridgehead atoms. The van der Waals surface area contributed by atoms with Crippen LogP contribution in [0.4, 0.5) is 0 Å². The zero-order valence-corrected chi connectivity index (χ0v) is 11.5. The van der Waals surface area contributed by atoms with Crippen LogP contribution in [0.3, 0.4) is 0 Å². The van der Waals surface area contributed by atoms with Gasteiger partial charge < -0.3 is 10.1 Å². The SMILES string of the molecule is COC(=O)[C@@H]1[C@H]2CC[C@@H](C2)[C@@H]1NC(=O)c1cscn1. The fourth-order valence-corrected chi connectivity index (χ4v) is 4.06. The average molecular weight is 280 g/mol. The van der Waals surface area contributed by atoms with Crippen LogP contribution in [0, 0.1) is 17.8 Å². The van der Waals surface area contributed by atoms with Crippen molar-refractivity contribution >= 4 is 23.2 Å². The number of methoxy groups -OCH3 is 1. The molecule has 1 aromatic rings. The van der Waals surface area contributed by atoms with Crippen LogP contribution in [0.15, 0.2) is 10.9 Å². The maximum absolute atomic E-state index is 12.1. The number of esters is 1. The number of nitrogens with one attached hydrogen (secondary N) is 1. The van der Waals surface area contributed by atoms with Crippen molar-refractivity contribution in [3.8, 4) is 0 Å². The highest BCUT2D eigenvalue weighted by Crippen LogP contribution is 2.48. The van der Waals surface area contributed by atoms with E-state index in [0.29, 0.717) is 17.5 Å². The third kappa shape index (κ3) is 2.14. The highest BCUT2D eigenvalue weighted by molar-refractivity contribution is 7.07. The largest absolute Gasteiger partial charge is 0.469 e. The van der Waals surface area contributed by atoms with Crippen molar-refractivity contribution in [2.45, 2.75) is 25.3 Å². The number of amides is 1. The molecule has 102 valence electrons. The number of carbonyl (C=O) groups is 2. The first-order valence-electron chi connectivity index (χ1n) is 6.47. The first-order chi connectivity index (χ1) is 9.20. The van der Waals surface area contributed by atoms with Crippen LogP contribution in [0.25, 0.3) is 0 Å².